The van der Waals surface area contributed by atoms with Crippen molar-refractivity contribution in [3.05, 3.63) is 65.7 Å². The summed E-state index contributed by atoms with van der Waals surface area (Å²) in [5.74, 6) is -0.182. The summed E-state index contributed by atoms with van der Waals surface area (Å²) in [7, 11) is 0. The van der Waals surface area contributed by atoms with Crippen LogP contribution >= 0.6 is 0 Å². The largest absolute Gasteiger partial charge is 0.444 e. The number of hydrogen-bond acceptors (Lipinski definition) is 4. The van der Waals surface area contributed by atoms with Crippen LogP contribution in [0.1, 0.15) is 44.4 Å². The third kappa shape index (κ3) is 5.59. The topological polar surface area (TPSA) is 58.6 Å². The van der Waals surface area contributed by atoms with Crippen LogP contribution in [0.4, 0.5) is 10.5 Å². The van der Waals surface area contributed by atoms with Crippen molar-refractivity contribution in [2.45, 2.75) is 45.8 Å². The highest BCUT2D eigenvalue weighted by Crippen LogP contribution is 2.32. The second kappa shape index (κ2) is 8.68. The van der Waals surface area contributed by atoms with Crippen LogP contribution in [0.5, 0.6) is 0 Å². The van der Waals surface area contributed by atoms with E-state index >= 15 is 0 Å². The molecule has 0 aromatic heterocycles. The molecule has 29 heavy (non-hydrogen) atoms. The molecule has 2 atom stereocenters. The van der Waals surface area contributed by atoms with Gasteiger partial charge in [-0.25, -0.2) is 4.79 Å². The van der Waals surface area contributed by atoms with Gasteiger partial charge in [-0.15, -0.1) is 0 Å². The predicted molar refractivity (Wildman–Crippen MR) is 115 cm³/mol. The van der Waals surface area contributed by atoms with Gasteiger partial charge in [0, 0.05) is 25.2 Å². The van der Waals surface area contributed by atoms with E-state index in [9.17, 15) is 9.59 Å². The maximum atomic E-state index is 12.9. The Labute approximate surface area is 173 Å². The normalized spacial score (nSPS) is 18.3. The number of carbonyl (C=O) groups is 2. The lowest BCUT2D eigenvalue weighted by atomic mass is 9.85. The number of nitrogens with one attached hydrogen (secondary N) is 1. The number of benzene rings is 2. The SMILES string of the molecule is Cc1ccc([C@@H](Nc2ccccc2)C2CN(C(=O)OC(C)(C)C)CCC2=O)cc1. The van der Waals surface area contributed by atoms with Crippen molar-refractivity contribution >= 4 is 17.6 Å². The zero-order chi connectivity index (χ0) is 21.0. The standard InChI is InChI=1S/C24H30N2O3/c1-17-10-12-18(13-11-17)22(25-19-8-6-5-7-9-19)20-16-26(15-14-21(20)27)23(28)29-24(2,3)4/h5-13,20,22,25H,14-16H2,1-4H3/t20?,22-/m1/s1. The molecule has 1 unspecified atom stereocenters. The Bertz CT molecular complexity index is 841. The lowest BCUT2D eigenvalue weighted by Crippen LogP contribution is -2.48. The van der Waals surface area contributed by atoms with Crippen LogP contribution in [0, 0.1) is 12.8 Å². The fraction of sp³-hybridized carbons (Fsp3) is 0.417. The quantitative estimate of drug-likeness (QED) is 0.795. The van der Waals surface area contributed by atoms with E-state index in [4.69, 9.17) is 4.74 Å². The second-order valence-electron chi connectivity index (χ2n) is 8.65. The van der Waals surface area contributed by atoms with E-state index in [1.165, 1.54) is 0 Å². The molecule has 2 aromatic rings. The van der Waals surface area contributed by atoms with E-state index in [0.717, 1.165) is 16.8 Å². The van der Waals surface area contributed by atoms with Crippen molar-refractivity contribution < 1.29 is 14.3 Å². The molecule has 1 N–H and O–H groups in total. The molecule has 154 valence electrons. The van der Waals surface area contributed by atoms with Gasteiger partial charge in [0.05, 0.1) is 12.0 Å². The molecular formula is C24H30N2O3. The van der Waals surface area contributed by atoms with Crippen molar-refractivity contribution in [2.24, 2.45) is 5.92 Å². The molecule has 5 heteroatoms. The Kier molecular flexibility index (Phi) is 6.26. The molecule has 5 nitrogen and oxygen atoms in total. The molecule has 0 aliphatic carbocycles. The van der Waals surface area contributed by atoms with Crippen molar-refractivity contribution in [2.75, 3.05) is 18.4 Å². The number of Topliss-reactive ketones (excluding diaryl/α,β-unsaturated/α-hetero) is 1. The Morgan fingerprint density at radius 1 is 1.10 bits per heavy atom. The average molecular weight is 395 g/mol. The molecule has 1 saturated heterocycles. The third-order valence-electron chi connectivity index (χ3n) is 5.05. The number of hydrogen-bond donors (Lipinski definition) is 1. The Hall–Kier alpha value is -2.82. The van der Waals surface area contributed by atoms with Crippen LogP contribution in [-0.2, 0) is 9.53 Å². The first kappa shape index (κ1) is 20.9. The number of nitrogens with zero attached hydrogens (tertiary/aromatic N) is 1. The molecule has 1 aliphatic heterocycles. The minimum absolute atomic E-state index is 0.166. The van der Waals surface area contributed by atoms with E-state index in [0.29, 0.717) is 19.5 Å². The molecule has 0 radical (unpaired) electrons. The van der Waals surface area contributed by atoms with Crippen LogP contribution in [0.3, 0.4) is 0 Å². The number of rotatable bonds is 4. The summed E-state index contributed by atoms with van der Waals surface area (Å²) in [5, 5.41) is 3.52. The summed E-state index contributed by atoms with van der Waals surface area (Å²) in [5.41, 5.74) is 2.58. The summed E-state index contributed by atoms with van der Waals surface area (Å²) in [6.45, 7) is 8.33. The molecule has 1 fully saturated rings. The van der Waals surface area contributed by atoms with Crippen LogP contribution in [0.2, 0.25) is 0 Å². The van der Waals surface area contributed by atoms with E-state index in [1.54, 1.807) is 4.90 Å². The minimum atomic E-state index is -0.563. The van der Waals surface area contributed by atoms with Crippen LogP contribution in [0.25, 0.3) is 0 Å². The molecule has 1 aliphatic rings. The van der Waals surface area contributed by atoms with Gasteiger partial charge in [-0.2, -0.15) is 0 Å². The number of ketones is 1. The predicted octanol–water partition coefficient (Wildman–Crippen LogP) is 4.97. The van der Waals surface area contributed by atoms with Crippen LogP contribution in [-0.4, -0.2) is 35.5 Å². The summed E-state index contributed by atoms with van der Waals surface area (Å²) in [6.07, 6.45) is -0.0275. The van der Waals surface area contributed by atoms with Gasteiger partial charge in [-0.3, -0.25) is 4.79 Å². The van der Waals surface area contributed by atoms with Crippen molar-refractivity contribution in [1.29, 1.82) is 0 Å². The smallest absolute Gasteiger partial charge is 0.410 e. The first-order valence-electron chi connectivity index (χ1n) is 10.1. The fourth-order valence-corrected chi connectivity index (χ4v) is 3.55. The molecule has 0 spiro atoms. The molecule has 1 amide bonds. The zero-order valence-electron chi connectivity index (χ0n) is 17.6. The average Bonchev–Trinajstić information content (AvgIpc) is 2.67. The molecular weight excluding hydrogens is 364 g/mol. The van der Waals surface area contributed by atoms with Gasteiger partial charge in [0.25, 0.3) is 0 Å². The summed E-state index contributed by atoms with van der Waals surface area (Å²) in [4.78, 5) is 27.2. The van der Waals surface area contributed by atoms with Crippen LogP contribution in [0.15, 0.2) is 54.6 Å². The number of likely N-dealkylation sites (tertiary alicyclic amines) is 1. The number of ether oxygens (including phenoxy) is 1. The monoisotopic (exact) mass is 394 g/mol. The Morgan fingerprint density at radius 3 is 2.38 bits per heavy atom. The number of aryl methyl sites for hydroxylation is 1. The molecule has 3 rings (SSSR count). The van der Waals surface area contributed by atoms with Gasteiger partial charge in [-0.1, -0.05) is 48.0 Å². The molecule has 1 heterocycles. The van der Waals surface area contributed by atoms with E-state index in [2.05, 4.69) is 17.4 Å². The van der Waals surface area contributed by atoms with Gasteiger partial charge in [-0.05, 0) is 45.4 Å². The number of anilines is 1. The maximum absolute atomic E-state index is 12.9. The van der Waals surface area contributed by atoms with Crippen molar-refractivity contribution in [1.82, 2.24) is 4.90 Å². The van der Waals surface area contributed by atoms with E-state index in [1.807, 2.05) is 70.2 Å². The first-order chi connectivity index (χ1) is 13.7. The van der Waals surface area contributed by atoms with Gasteiger partial charge in [0.15, 0.2) is 0 Å². The second-order valence-corrected chi connectivity index (χ2v) is 8.65. The lowest BCUT2D eigenvalue weighted by Gasteiger charge is -2.37. The number of para-hydroxylation sites is 1. The Morgan fingerprint density at radius 2 is 1.76 bits per heavy atom. The lowest BCUT2D eigenvalue weighted by molar-refractivity contribution is -0.126. The highest BCUT2D eigenvalue weighted by molar-refractivity contribution is 5.85. The van der Waals surface area contributed by atoms with E-state index in [-0.39, 0.29) is 23.8 Å². The summed E-state index contributed by atoms with van der Waals surface area (Å²) in [6, 6.07) is 17.8. The number of amides is 1. The summed E-state index contributed by atoms with van der Waals surface area (Å²) >= 11 is 0. The van der Waals surface area contributed by atoms with Gasteiger partial charge >= 0.3 is 6.09 Å². The minimum Gasteiger partial charge on any atom is -0.444 e. The van der Waals surface area contributed by atoms with Gasteiger partial charge < -0.3 is 15.0 Å². The van der Waals surface area contributed by atoms with Gasteiger partial charge in [0.1, 0.15) is 11.4 Å². The first-order valence-corrected chi connectivity index (χ1v) is 10.1. The number of carbonyl (C=O) groups excluding carboxylic acids is 2. The third-order valence-corrected chi connectivity index (χ3v) is 5.05. The van der Waals surface area contributed by atoms with Crippen LogP contribution < -0.4 is 5.32 Å². The number of piperidine rings is 1. The van der Waals surface area contributed by atoms with Gasteiger partial charge in [0.2, 0.25) is 0 Å². The van der Waals surface area contributed by atoms with Crippen molar-refractivity contribution in [3.8, 4) is 0 Å². The fourth-order valence-electron chi connectivity index (χ4n) is 3.55. The molecule has 2 aromatic carbocycles. The van der Waals surface area contributed by atoms with Crippen molar-refractivity contribution in [3.63, 3.8) is 0 Å². The highest BCUT2D eigenvalue weighted by atomic mass is 16.6. The summed E-state index contributed by atoms with van der Waals surface area (Å²) < 4.78 is 5.54. The zero-order valence-corrected chi connectivity index (χ0v) is 17.6. The van der Waals surface area contributed by atoms with E-state index < -0.39 is 5.60 Å². The maximum Gasteiger partial charge on any atom is 0.410 e. The highest BCUT2D eigenvalue weighted by Gasteiger charge is 2.37. The molecule has 0 saturated carbocycles. The Balaban J connectivity index is 1.87. The molecule has 0 bridgehead atoms.